The number of hydrogen-bond acceptors (Lipinski definition) is 6. The maximum absolute atomic E-state index is 12.4. The molecule has 1 saturated heterocycles. The van der Waals surface area contributed by atoms with Gasteiger partial charge in [-0.3, -0.25) is 4.79 Å². The second-order valence-corrected chi connectivity index (χ2v) is 7.38. The molecule has 1 aliphatic rings. The number of nitrogens with zero attached hydrogens (tertiary/aromatic N) is 3. The molecule has 29 heavy (non-hydrogen) atoms. The van der Waals surface area contributed by atoms with E-state index in [0.717, 1.165) is 19.5 Å². The van der Waals surface area contributed by atoms with Crippen LogP contribution in [0.3, 0.4) is 0 Å². The minimum Gasteiger partial charge on any atom is -0.465 e. The van der Waals surface area contributed by atoms with E-state index < -0.39 is 5.97 Å². The Hall–Kier alpha value is -2.87. The number of hydrogen-bond donors (Lipinski definition) is 2. The van der Waals surface area contributed by atoms with Crippen molar-refractivity contribution in [3.63, 3.8) is 0 Å². The number of nitrogens with two attached hydrogens (primary N) is 1. The molecule has 1 fully saturated rings. The van der Waals surface area contributed by atoms with Crippen molar-refractivity contribution in [3.8, 4) is 5.69 Å². The van der Waals surface area contributed by atoms with Gasteiger partial charge >= 0.3 is 5.97 Å². The number of piperidine rings is 1. The summed E-state index contributed by atoms with van der Waals surface area (Å²) in [4.78, 5) is 26.5. The van der Waals surface area contributed by atoms with Crippen LogP contribution in [0, 0.1) is 0 Å². The van der Waals surface area contributed by atoms with Crippen molar-refractivity contribution in [2.24, 2.45) is 0 Å². The van der Waals surface area contributed by atoms with Crippen LogP contribution in [0.25, 0.3) is 5.69 Å². The van der Waals surface area contributed by atoms with Gasteiger partial charge in [-0.05, 0) is 57.0 Å². The first-order chi connectivity index (χ1) is 14.0. The fraction of sp³-hybridized carbons (Fsp3) is 0.476. The van der Waals surface area contributed by atoms with E-state index in [1.807, 2.05) is 0 Å². The van der Waals surface area contributed by atoms with Crippen molar-refractivity contribution in [3.05, 3.63) is 41.6 Å². The van der Waals surface area contributed by atoms with Crippen LogP contribution >= 0.6 is 0 Å². The van der Waals surface area contributed by atoms with Crippen LogP contribution in [-0.2, 0) is 4.74 Å². The van der Waals surface area contributed by atoms with Crippen molar-refractivity contribution in [1.82, 2.24) is 20.0 Å². The summed E-state index contributed by atoms with van der Waals surface area (Å²) in [5.74, 6) is -0.448. The summed E-state index contributed by atoms with van der Waals surface area (Å²) in [6.07, 6.45) is 6.16. The zero-order valence-electron chi connectivity index (χ0n) is 17.1. The SMILES string of the molecule is COC(=O)c1cnn(-c2ccc(C(=O)NCCCN3CCCC[C@@H]3C)cc2)c1N. The van der Waals surface area contributed by atoms with Gasteiger partial charge in [0.05, 0.1) is 19.0 Å². The summed E-state index contributed by atoms with van der Waals surface area (Å²) in [6, 6.07) is 7.57. The predicted molar refractivity (Wildman–Crippen MR) is 111 cm³/mol. The molecule has 1 aliphatic heterocycles. The van der Waals surface area contributed by atoms with Crippen LogP contribution in [0.2, 0.25) is 0 Å². The number of benzene rings is 1. The number of aromatic nitrogens is 2. The van der Waals surface area contributed by atoms with E-state index in [2.05, 4.69) is 27.0 Å². The molecular formula is C21H29N5O3. The first-order valence-electron chi connectivity index (χ1n) is 10.1. The quantitative estimate of drug-likeness (QED) is 0.547. The molecule has 156 valence electrons. The number of nitrogen functional groups attached to an aromatic ring is 1. The number of amides is 1. The van der Waals surface area contributed by atoms with Crippen LogP contribution in [0.4, 0.5) is 5.82 Å². The van der Waals surface area contributed by atoms with Gasteiger partial charge in [-0.2, -0.15) is 5.10 Å². The molecule has 0 spiro atoms. The van der Waals surface area contributed by atoms with Crippen LogP contribution < -0.4 is 11.1 Å². The Bertz CT molecular complexity index is 847. The molecule has 1 atom stereocenters. The molecule has 0 bridgehead atoms. The summed E-state index contributed by atoms with van der Waals surface area (Å²) in [5, 5.41) is 7.10. The number of nitrogens with one attached hydrogen (secondary N) is 1. The van der Waals surface area contributed by atoms with E-state index in [0.29, 0.717) is 23.8 Å². The highest BCUT2D eigenvalue weighted by atomic mass is 16.5. The van der Waals surface area contributed by atoms with E-state index >= 15 is 0 Å². The van der Waals surface area contributed by atoms with Gasteiger partial charge in [-0.1, -0.05) is 6.42 Å². The molecule has 3 N–H and O–H groups in total. The Morgan fingerprint density at radius 2 is 2.03 bits per heavy atom. The minimum atomic E-state index is -0.538. The van der Waals surface area contributed by atoms with Gasteiger partial charge in [-0.25, -0.2) is 9.48 Å². The Balaban J connectivity index is 1.52. The lowest BCUT2D eigenvalue weighted by atomic mass is 10.0. The predicted octanol–water partition coefficient (Wildman–Crippen LogP) is 2.24. The number of likely N-dealkylation sites (tertiary alicyclic amines) is 1. The van der Waals surface area contributed by atoms with Gasteiger partial charge < -0.3 is 20.7 Å². The van der Waals surface area contributed by atoms with Crippen LogP contribution in [-0.4, -0.2) is 59.3 Å². The van der Waals surface area contributed by atoms with Crippen LogP contribution in [0.1, 0.15) is 53.3 Å². The van der Waals surface area contributed by atoms with Gasteiger partial charge in [0.2, 0.25) is 0 Å². The number of rotatable bonds is 7. The monoisotopic (exact) mass is 399 g/mol. The smallest absolute Gasteiger partial charge is 0.343 e. The maximum Gasteiger partial charge on any atom is 0.343 e. The van der Waals surface area contributed by atoms with E-state index in [4.69, 9.17) is 5.73 Å². The summed E-state index contributed by atoms with van der Waals surface area (Å²) in [5.41, 5.74) is 7.41. The molecule has 0 aliphatic carbocycles. The largest absolute Gasteiger partial charge is 0.465 e. The van der Waals surface area contributed by atoms with Gasteiger partial charge in [0.1, 0.15) is 11.4 Å². The third-order valence-corrected chi connectivity index (χ3v) is 5.43. The summed E-state index contributed by atoms with van der Waals surface area (Å²) in [6.45, 7) is 5.10. The zero-order chi connectivity index (χ0) is 20.8. The number of anilines is 1. The lowest BCUT2D eigenvalue weighted by molar-refractivity contribution is 0.0601. The molecule has 8 heteroatoms. The normalized spacial score (nSPS) is 17.1. The van der Waals surface area contributed by atoms with Crippen molar-refractivity contribution < 1.29 is 14.3 Å². The standard InChI is InChI=1S/C21H29N5O3/c1-15-6-3-4-12-25(15)13-5-11-23-20(27)16-7-9-17(10-8-16)26-19(22)18(14-24-26)21(28)29-2/h7-10,14-15H,3-6,11-13,22H2,1-2H3,(H,23,27)/t15-/m0/s1. The third kappa shape index (κ3) is 4.95. The Kier molecular flexibility index (Phi) is 6.87. The van der Waals surface area contributed by atoms with Gasteiger partial charge in [0, 0.05) is 24.7 Å². The van der Waals surface area contributed by atoms with Gasteiger partial charge in [0.15, 0.2) is 0 Å². The fourth-order valence-corrected chi connectivity index (χ4v) is 3.66. The number of ether oxygens (including phenoxy) is 1. The van der Waals surface area contributed by atoms with E-state index in [1.54, 1.807) is 24.3 Å². The second-order valence-electron chi connectivity index (χ2n) is 7.38. The summed E-state index contributed by atoms with van der Waals surface area (Å²) in [7, 11) is 1.29. The molecule has 8 nitrogen and oxygen atoms in total. The zero-order valence-corrected chi connectivity index (χ0v) is 17.1. The Morgan fingerprint density at radius 1 is 1.28 bits per heavy atom. The Labute approximate surface area is 171 Å². The minimum absolute atomic E-state index is 0.105. The van der Waals surface area contributed by atoms with E-state index in [1.165, 1.54) is 37.3 Å². The fourth-order valence-electron chi connectivity index (χ4n) is 3.66. The molecule has 2 aromatic rings. The number of methoxy groups -OCH3 is 1. The lowest BCUT2D eigenvalue weighted by Crippen LogP contribution is -2.39. The highest BCUT2D eigenvalue weighted by molar-refractivity contribution is 5.95. The van der Waals surface area contributed by atoms with E-state index in [9.17, 15) is 9.59 Å². The van der Waals surface area contributed by atoms with Crippen LogP contribution in [0.5, 0.6) is 0 Å². The topological polar surface area (TPSA) is 102 Å². The molecular weight excluding hydrogens is 370 g/mol. The molecule has 1 aromatic heterocycles. The maximum atomic E-state index is 12.4. The average Bonchev–Trinajstić information content (AvgIpc) is 3.13. The van der Waals surface area contributed by atoms with Crippen molar-refractivity contribution in [2.75, 3.05) is 32.5 Å². The third-order valence-electron chi connectivity index (χ3n) is 5.43. The van der Waals surface area contributed by atoms with E-state index in [-0.39, 0.29) is 17.3 Å². The first-order valence-corrected chi connectivity index (χ1v) is 10.1. The highest BCUT2D eigenvalue weighted by Gasteiger charge is 2.18. The second kappa shape index (κ2) is 9.56. The van der Waals surface area contributed by atoms with Crippen LogP contribution in [0.15, 0.2) is 30.5 Å². The van der Waals surface area contributed by atoms with Crippen molar-refractivity contribution in [2.45, 2.75) is 38.6 Å². The average molecular weight is 399 g/mol. The van der Waals surface area contributed by atoms with Crippen molar-refractivity contribution in [1.29, 1.82) is 0 Å². The van der Waals surface area contributed by atoms with Crippen molar-refractivity contribution >= 4 is 17.7 Å². The number of esters is 1. The molecule has 1 aromatic carbocycles. The molecule has 0 unspecified atom stereocenters. The number of carbonyl (C=O) groups excluding carboxylic acids is 2. The molecule has 0 radical (unpaired) electrons. The van der Waals surface area contributed by atoms with Gasteiger partial charge in [-0.15, -0.1) is 0 Å². The molecule has 0 saturated carbocycles. The molecule has 2 heterocycles. The first kappa shape index (κ1) is 20.9. The molecule has 1 amide bonds. The summed E-state index contributed by atoms with van der Waals surface area (Å²) < 4.78 is 6.12. The highest BCUT2D eigenvalue weighted by Crippen LogP contribution is 2.19. The Morgan fingerprint density at radius 3 is 2.72 bits per heavy atom. The van der Waals surface area contributed by atoms with Gasteiger partial charge in [0.25, 0.3) is 5.91 Å². The molecule has 3 rings (SSSR count). The number of carbonyl (C=O) groups is 2. The summed E-state index contributed by atoms with van der Waals surface area (Å²) >= 11 is 0. The lowest BCUT2D eigenvalue weighted by Gasteiger charge is -2.33.